The van der Waals surface area contributed by atoms with E-state index >= 15 is 0 Å². The van der Waals surface area contributed by atoms with Crippen molar-refractivity contribution in [3.63, 3.8) is 0 Å². The normalized spacial score (nSPS) is 10.7. The van der Waals surface area contributed by atoms with Gasteiger partial charge in [0.25, 0.3) is 5.56 Å². The number of carbonyl (C=O) groups excluding carboxylic acids is 1. The van der Waals surface area contributed by atoms with E-state index in [4.69, 9.17) is 14.2 Å². The second-order valence-corrected chi connectivity index (χ2v) is 7.71. The minimum absolute atomic E-state index is 0.184. The number of amides is 1. The van der Waals surface area contributed by atoms with E-state index in [9.17, 15) is 9.59 Å². The summed E-state index contributed by atoms with van der Waals surface area (Å²) in [5, 5.41) is 4.67. The number of methoxy groups -OCH3 is 3. The van der Waals surface area contributed by atoms with E-state index in [0.717, 1.165) is 11.1 Å². The number of benzene rings is 2. The number of hydrogen-bond acceptors (Lipinski definition) is 7. The average Bonchev–Trinajstić information content (AvgIpc) is 3.25. The zero-order chi connectivity index (χ0) is 22.7. The quantitative estimate of drug-likeness (QED) is 0.460. The van der Waals surface area contributed by atoms with Gasteiger partial charge in [0.05, 0.1) is 33.2 Å². The lowest BCUT2D eigenvalue weighted by Gasteiger charge is -2.14. The van der Waals surface area contributed by atoms with Crippen molar-refractivity contribution in [1.82, 2.24) is 9.55 Å². The Kier molecular flexibility index (Phi) is 6.09. The maximum Gasteiger partial charge on any atom is 0.271 e. The standard InChI is InChI=1S/C23H21N3O5S/c1-29-17-9-15(10-18(30-2)21(17)31-3)25-19(27)11-26-13-24-20-16(12-32-22(20)23(26)28)14-7-5-4-6-8-14/h4-10,12-13H,11H2,1-3H3,(H,25,27). The highest BCUT2D eigenvalue weighted by Crippen LogP contribution is 2.40. The topological polar surface area (TPSA) is 91.7 Å². The Bertz CT molecular complexity index is 1310. The molecule has 0 atom stereocenters. The fraction of sp³-hybridized carbons (Fsp3) is 0.174. The Morgan fingerprint density at radius 3 is 2.38 bits per heavy atom. The monoisotopic (exact) mass is 451 g/mol. The van der Waals surface area contributed by atoms with Crippen LogP contribution < -0.4 is 25.1 Å². The van der Waals surface area contributed by atoms with Crippen LogP contribution in [0.15, 0.2) is 59.0 Å². The third-order valence-electron chi connectivity index (χ3n) is 4.89. The van der Waals surface area contributed by atoms with Crippen LogP contribution in [0.25, 0.3) is 21.3 Å². The third-order valence-corrected chi connectivity index (χ3v) is 5.85. The summed E-state index contributed by atoms with van der Waals surface area (Å²) in [5.74, 6) is 0.858. The Hall–Kier alpha value is -3.85. The summed E-state index contributed by atoms with van der Waals surface area (Å²) < 4.78 is 17.7. The SMILES string of the molecule is COc1cc(NC(=O)Cn2cnc3c(-c4ccccc4)csc3c2=O)cc(OC)c1OC. The van der Waals surface area contributed by atoms with Gasteiger partial charge < -0.3 is 19.5 Å². The predicted octanol–water partition coefficient (Wildman–Crippen LogP) is 3.79. The zero-order valence-electron chi connectivity index (χ0n) is 17.7. The molecule has 2 heterocycles. The predicted molar refractivity (Wildman–Crippen MR) is 124 cm³/mol. The molecule has 32 heavy (non-hydrogen) atoms. The van der Waals surface area contributed by atoms with Gasteiger partial charge in [-0.15, -0.1) is 11.3 Å². The number of aromatic nitrogens is 2. The lowest BCUT2D eigenvalue weighted by molar-refractivity contribution is -0.116. The number of fused-ring (bicyclic) bond motifs is 1. The molecule has 0 aliphatic heterocycles. The lowest BCUT2D eigenvalue weighted by atomic mass is 10.1. The number of nitrogens with zero attached hydrogens (tertiary/aromatic N) is 2. The number of hydrogen-bond donors (Lipinski definition) is 1. The van der Waals surface area contributed by atoms with Crippen LogP contribution in [0.3, 0.4) is 0 Å². The van der Waals surface area contributed by atoms with Crippen molar-refractivity contribution < 1.29 is 19.0 Å². The molecular formula is C23H21N3O5S. The molecule has 1 N–H and O–H groups in total. The number of nitrogens with one attached hydrogen (secondary N) is 1. The van der Waals surface area contributed by atoms with Crippen LogP contribution in [-0.4, -0.2) is 36.8 Å². The van der Waals surface area contributed by atoms with Crippen LogP contribution >= 0.6 is 11.3 Å². The molecule has 0 saturated carbocycles. The molecule has 0 bridgehead atoms. The van der Waals surface area contributed by atoms with Gasteiger partial charge in [0.2, 0.25) is 11.7 Å². The Balaban J connectivity index is 1.58. The maximum absolute atomic E-state index is 12.9. The molecule has 0 radical (unpaired) electrons. The first-order valence-corrected chi connectivity index (χ1v) is 10.6. The van der Waals surface area contributed by atoms with E-state index in [2.05, 4.69) is 10.3 Å². The summed E-state index contributed by atoms with van der Waals surface area (Å²) in [6.07, 6.45) is 1.40. The van der Waals surface area contributed by atoms with Crippen molar-refractivity contribution in [2.75, 3.05) is 26.6 Å². The zero-order valence-corrected chi connectivity index (χ0v) is 18.6. The van der Waals surface area contributed by atoms with Gasteiger partial charge in [0.15, 0.2) is 11.5 Å². The number of anilines is 1. The van der Waals surface area contributed by atoms with Crippen molar-refractivity contribution in [2.24, 2.45) is 0 Å². The van der Waals surface area contributed by atoms with Crippen molar-refractivity contribution in [3.05, 3.63) is 64.5 Å². The smallest absolute Gasteiger partial charge is 0.271 e. The van der Waals surface area contributed by atoms with Crippen molar-refractivity contribution in [3.8, 4) is 28.4 Å². The number of carbonyl (C=O) groups is 1. The molecule has 4 rings (SSSR count). The summed E-state index contributed by atoms with van der Waals surface area (Å²) in [5.41, 5.74) is 2.71. The molecule has 2 aromatic heterocycles. The van der Waals surface area contributed by atoms with E-state index in [1.54, 1.807) is 12.1 Å². The first-order chi connectivity index (χ1) is 15.5. The molecule has 4 aromatic rings. The number of ether oxygens (including phenoxy) is 3. The van der Waals surface area contributed by atoms with E-state index in [1.807, 2.05) is 35.7 Å². The molecule has 0 aliphatic rings. The Labute approximate surface area is 188 Å². The van der Waals surface area contributed by atoms with Crippen LogP contribution in [-0.2, 0) is 11.3 Å². The fourth-order valence-electron chi connectivity index (χ4n) is 3.39. The molecule has 0 unspecified atom stereocenters. The van der Waals surface area contributed by atoms with Gasteiger partial charge in [-0.2, -0.15) is 0 Å². The van der Waals surface area contributed by atoms with Gasteiger partial charge in [-0.25, -0.2) is 4.98 Å². The van der Waals surface area contributed by atoms with E-state index < -0.39 is 0 Å². The molecule has 164 valence electrons. The second-order valence-electron chi connectivity index (χ2n) is 6.83. The summed E-state index contributed by atoms with van der Waals surface area (Å²) in [6.45, 7) is -0.184. The molecule has 9 heteroatoms. The first kappa shape index (κ1) is 21.4. The number of rotatable bonds is 7. The highest BCUT2D eigenvalue weighted by Gasteiger charge is 2.16. The first-order valence-electron chi connectivity index (χ1n) is 9.67. The van der Waals surface area contributed by atoms with Gasteiger partial charge in [0, 0.05) is 28.8 Å². The Morgan fingerprint density at radius 2 is 1.75 bits per heavy atom. The summed E-state index contributed by atoms with van der Waals surface area (Å²) in [6, 6.07) is 13.0. The lowest BCUT2D eigenvalue weighted by Crippen LogP contribution is -2.27. The van der Waals surface area contributed by atoms with E-state index in [-0.39, 0.29) is 18.0 Å². The minimum Gasteiger partial charge on any atom is -0.493 e. The molecule has 0 fully saturated rings. The van der Waals surface area contributed by atoms with Gasteiger partial charge in [0.1, 0.15) is 11.2 Å². The minimum atomic E-state index is -0.387. The van der Waals surface area contributed by atoms with Gasteiger partial charge in [-0.3, -0.25) is 14.2 Å². The fourth-order valence-corrected chi connectivity index (χ4v) is 4.36. The van der Waals surface area contributed by atoms with Gasteiger partial charge >= 0.3 is 0 Å². The number of thiophene rings is 1. The second kappa shape index (κ2) is 9.11. The molecular weight excluding hydrogens is 430 g/mol. The summed E-state index contributed by atoms with van der Waals surface area (Å²) in [4.78, 5) is 30.0. The Morgan fingerprint density at radius 1 is 1.06 bits per heavy atom. The molecule has 2 aromatic carbocycles. The van der Waals surface area contributed by atoms with Gasteiger partial charge in [-0.05, 0) is 5.56 Å². The molecule has 0 aliphatic carbocycles. The molecule has 0 spiro atoms. The third kappa shape index (κ3) is 4.02. The highest BCUT2D eigenvalue weighted by atomic mass is 32.1. The molecule has 1 amide bonds. The van der Waals surface area contributed by atoms with E-state index in [0.29, 0.717) is 33.2 Å². The van der Waals surface area contributed by atoms with Crippen LogP contribution in [0, 0.1) is 0 Å². The van der Waals surface area contributed by atoms with Crippen LogP contribution in [0.1, 0.15) is 0 Å². The largest absolute Gasteiger partial charge is 0.493 e. The molecule has 0 saturated heterocycles. The van der Waals surface area contributed by atoms with Crippen LogP contribution in [0.5, 0.6) is 17.2 Å². The van der Waals surface area contributed by atoms with Crippen molar-refractivity contribution in [2.45, 2.75) is 6.54 Å². The highest BCUT2D eigenvalue weighted by molar-refractivity contribution is 7.17. The maximum atomic E-state index is 12.9. The van der Waals surface area contributed by atoms with Crippen molar-refractivity contribution in [1.29, 1.82) is 0 Å². The van der Waals surface area contributed by atoms with Gasteiger partial charge in [-0.1, -0.05) is 30.3 Å². The average molecular weight is 452 g/mol. The summed E-state index contributed by atoms with van der Waals surface area (Å²) >= 11 is 1.32. The van der Waals surface area contributed by atoms with E-state index in [1.165, 1.54) is 43.6 Å². The summed E-state index contributed by atoms with van der Waals surface area (Å²) in [7, 11) is 4.49. The van der Waals surface area contributed by atoms with Crippen molar-refractivity contribution >= 4 is 33.1 Å². The van der Waals surface area contributed by atoms with Crippen LogP contribution in [0.4, 0.5) is 5.69 Å². The van der Waals surface area contributed by atoms with Crippen LogP contribution in [0.2, 0.25) is 0 Å². The molecule has 8 nitrogen and oxygen atoms in total.